The van der Waals surface area contributed by atoms with E-state index >= 15 is 0 Å². The molecule has 0 atom stereocenters. The topological polar surface area (TPSA) is 45.8 Å². The third kappa shape index (κ3) is 2.06. The van der Waals surface area contributed by atoms with E-state index in [4.69, 9.17) is 4.98 Å². The van der Waals surface area contributed by atoms with E-state index in [0.29, 0.717) is 5.39 Å². The van der Waals surface area contributed by atoms with Gasteiger partial charge >= 0.3 is 0 Å². The molecule has 1 N–H and O–H groups in total. The number of H-pyrrole nitrogens is 1. The molecule has 0 aliphatic rings. The summed E-state index contributed by atoms with van der Waals surface area (Å²) >= 11 is 0. The first kappa shape index (κ1) is 13.9. The van der Waals surface area contributed by atoms with Crippen LogP contribution in [-0.2, 0) is 0 Å². The molecule has 0 fully saturated rings. The first-order valence-corrected chi connectivity index (χ1v) is 8.22. The average Bonchev–Trinajstić information content (AvgIpc) is 2.68. The SMILES string of the molecule is O=c1[nH]c2ccccc2c2nc(-c3ccccc3)c3ccccc3c12. The maximum Gasteiger partial charge on any atom is 0.258 e. The molecule has 5 rings (SSSR count). The van der Waals surface area contributed by atoms with Crippen molar-refractivity contribution in [3.05, 3.63) is 89.2 Å². The van der Waals surface area contributed by atoms with E-state index in [1.165, 1.54) is 0 Å². The zero-order chi connectivity index (χ0) is 16.8. The van der Waals surface area contributed by atoms with E-state index in [1.807, 2.05) is 66.7 Å². The molecule has 0 radical (unpaired) electrons. The van der Waals surface area contributed by atoms with Crippen molar-refractivity contribution >= 4 is 32.6 Å². The van der Waals surface area contributed by atoms with E-state index in [1.54, 1.807) is 0 Å². The Balaban J connectivity index is 2.08. The Hall–Kier alpha value is -3.46. The number of aromatic nitrogens is 2. The molecule has 3 nitrogen and oxygen atoms in total. The molecule has 2 heterocycles. The maximum absolute atomic E-state index is 12.8. The van der Waals surface area contributed by atoms with Gasteiger partial charge in [-0.2, -0.15) is 0 Å². The Kier molecular flexibility index (Phi) is 2.94. The number of fused-ring (bicyclic) bond motifs is 5. The van der Waals surface area contributed by atoms with Crippen LogP contribution in [0.2, 0.25) is 0 Å². The molecule has 0 saturated carbocycles. The van der Waals surface area contributed by atoms with Crippen LogP contribution in [0.5, 0.6) is 0 Å². The first-order valence-electron chi connectivity index (χ1n) is 8.22. The molecule has 118 valence electrons. The summed E-state index contributed by atoms with van der Waals surface area (Å²) in [6.45, 7) is 0. The van der Waals surface area contributed by atoms with Crippen molar-refractivity contribution in [1.29, 1.82) is 0 Å². The van der Waals surface area contributed by atoms with Crippen LogP contribution in [0, 0.1) is 0 Å². The van der Waals surface area contributed by atoms with Gasteiger partial charge in [-0.15, -0.1) is 0 Å². The van der Waals surface area contributed by atoms with Crippen LogP contribution in [0.15, 0.2) is 83.7 Å². The van der Waals surface area contributed by atoms with Crippen LogP contribution in [0.4, 0.5) is 0 Å². The lowest BCUT2D eigenvalue weighted by atomic mass is 9.99. The number of aromatic amines is 1. The Bertz CT molecular complexity index is 1300. The van der Waals surface area contributed by atoms with E-state index < -0.39 is 0 Å². The molecule has 0 bridgehead atoms. The normalized spacial score (nSPS) is 11.4. The minimum absolute atomic E-state index is 0.1000. The molecule has 25 heavy (non-hydrogen) atoms. The lowest BCUT2D eigenvalue weighted by Gasteiger charge is -2.11. The predicted molar refractivity (Wildman–Crippen MR) is 103 cm³/mol. The van der Waals surface area contributed by atoms with Gasteiger partial charge in [-0.3, -0.25) is 4.79 Å². The second kappa shape index (κ2) is 5.28. The Morgan fingerprint density at radius 2 is 1.32 bits per heavy atom. The number of pyridine rings is 2. The lowest BCUT2D eigenvalue weighted by Crippen LogP contribution is -2.08. The maximum atomic E-state index is 12.8. The summed E-state index contributed by atoms with van der Waals surface area (Å²) in [5.41, 5.74) is 3.40. The molecule has 0 spiro atoms. The van der Waals surface area contributed by atoms with Crippen molar-refractivity contribution in [3.8, 4) is 11.3 Å². The molecule has 0 unspecified atom stereocenters. The standard InChI is InChI=1S/C22H14N2O/c25-22-19-15-10-4-5-11-16(15)20(14-8-2-1-3-9-14)24-21(19)17-12-6-7-13-18(17)23-22/h1-13H,(H,23,25). The number of para-hydroxylation sites is 1. The highest BCUT2D eigenvalue weighted by Crippen LogP contribution is 2.32. The average molecular weight is 322 g/mol. The van der Waals surface area contributed by atoms with Gasteiger partial charge in [-0.1, -0.05) is 72.8 Å². The van der Waals surface area contributed by atoms with Crippen molar-refractivity contribution in [1.82, 2.24) is 9.97 Å². The summed E-state index contributed by atoms with van der Waals surface area (Å²) in [5, 5.41) is 3.52. The minimum Gasteiger partial charge on any atom is -0.321 e. The van der Waals surface area contributed by atoms with E-state index in [-0.39, 0.29) is 5.56 Å². The van der Waals surface area contributed by atoms with Crippen LogP contribution >= 0.6 is 0 Å². The van der Waals surface area contributed by atoms with Crippen LogP contribution in [0.25, 0.3) is 43.8 Å². The Morgan fingerprint density at radius 1 is 0.680 bits per heavy atom. The van der Waals surface area contributed by atoms with Gasteiger partial charge in [0.25, 0.3) is 5.56 Å². The lowest BCUT2D eigenvalue weighted by molar-refractivity contribution is 1.33. The zero-order valence-corrected chi connectivity index (χ0v) is 13.4. The van der Waals surface area contributed by atoms with Crippen LogP contribution in [-0.4, -0.2) is 9.97 Å². The van der Waals surface area contributed by atoms with Gasteiger partial charge in [0, 0.05) is 16.3 Å². The van der Waals surface area contributed by atoms with E-state index in [0.717, 1.165) is 38.4 Å². The molecule has 2 aromatic heterocycles. The number of nitrogens with zero attached hydrogens (tertiary/aromatic N) is 1. The summed E-state index contributed by atoms with van der Waals surface area (Å²) in [4.78, 5) is 20.7. The molecule has 0 saturated heterocycles. The summed E-state index contributed by atoms with van der Waals surface area (Å²) in [7, 11) is 0. The number of hydrogen-bond donors (Lipinski definition) is 1. The largest absolute Gasteiger partial charge is 0.321 e. The fourth-order valence-electron chi connectivity index (χ4n) is 3.49. The summed E-state index contributed by atoms with van der Waals surface area (Å²) in [5.74, 6) is 0. The molecule has 0 aliphatic carbocycles. The second-order valence-corrected chi connectivity index (χ2v) is 6.10. The van der Waals surface area contributed by atoms with Crippen molar-refractivity contribution in [2.45, 2.75) is 0 Å². The summed E-state index contributed by atoms with van der Waals surface area (Å²) in [6, 6.07) is 25.9. The fourth-order valence-corrected chi connectivity index (χ4v) is 3.49. The molecular formula is C22H14N2O. The number of hydrogen-bond acceptors (Lipinski definition) is 2. The van der Waals surface area contributed by atoms with E-state index in [2.05, 4.69) is 17.1 Å². The van der Waals surface area contributed by atoms with Gasteiger partial charge in [-0.25, -0.2) is 4.98 Å². The number of benzene rings is 3. The molecule has 0 amide bonds. The third-order valence-electron chi connectivity index (χ3n) is 4.62. The van der Waals surface area contributed by atoms with Gasteiger partial charge in [-0.05, 0) is 11.5 Å². The first-order chi connectivity index (χ1) is 12.3. The van der Waals surface area contributed by atoms with Gasteiger partial charge in [0.2, 0.25) is 0 Å². The molecule has 5 aromatic rings. The van der Waals surface area contributed by atoms with Crippen molar-refractivity contribution in [2.75, 3.05) is 0 Å². The summed E-state index contributed by atoms with van der Waals surface area (Å²) in [6.07, 6.45) is 0. The molecular weight excluding hydrogens is 308 g/mol. The number of nitrogens with one attached hydrogen (secondary N) is 1. The third-order valence-corrected chi connectivity index (χ3v) is 4.62. The van der Waals surface area contributed by atoms with Gasteiger partial charge < -0.3 is 4.98 Å². The number of rotatable bonds is 1. The Labute approximate surface area is 143 Å². The second-order valence-electron chi connectivity index (χ2n) is 6.10. The Morgan fingerprint density at radius 3 is 2.12 bits per heavy atom. The molecule has 3 heteroatoms. The van der Waals surface area contributed by atoms with Crippen molar-refractivity contribution < 1.29 is 0 Å². The minimum atomic E-state index is -0.1000. The van der Waals surface area contributed by atoms with Crippen molar-refractivity contribution in [3.63, 3.8) is 0 Å². The van der Waals surface area contributed by atoms with Crippen LogP contribution in [0.1, 0.15) is 0 Å². The van der Waals surface area contributed by atoms with Gasteiger partial charge in [0.15, 0.2) is 0 Å². The smallest absolute Gasteiger partial charge is 0.258 e. The predicted octanol–water partition coefficient (Wildman–Crippen LogP) is 4.90. The molecule has 3 aromatic carbocycles. The van der Waals surface area contributed by atoms with Gasteiger partial charge in [0.1, 0.15) is 0 Å². The monoisotopic (exact) mass is 322 g/mol. The highest BCUT2D eigenvalue weighted by Gasteiger charge is 2.14. The highest BCUT2D eigenvalue weighted by molar-refractivity contribution is 6.16. The van der Waals surface area contributed by atoms with Gasteiger partial charge in [0.05, 0.1) is 22.1 Å². The fraction of sp³-hybridized carbons (Fsp3) is 0. The highest BCUT2D eigenvalue weighted by atomic mass is 16.1. The van der Waals surface area contributed by atoms with Crippen LogP contribution < -0.4 is 5.56 Å². The van der Waals surface area contributed by atoms with Crippen LogP contribution in [0.3, 0.4) is 0 Å². The summed E-state index contributed by atoms with van der Waals surface area (Å²) < 4.78 is 0. The van der Waals surface area contributed by atoms with E-state index in [9.17, 15) is 4.79 Å². The van der Waals surface area contributed by atoms with Crippen molar-refractivity contribution in [2.24, 2.45) is 0 Å². The zero-order valence-electron chi connectivity index (χ0n) is 13.4. The molecule has 0 aliphatic heterocycles. The quantitative estimate of drug-likeness (QED) is 0.446.